The summed E-state index contributed by atoms with van der Waals surface area (Å²) in [7, 11) is 0.977. The molecule has 0 fully saturated rings. The molecule has 1 heterocycles. The van der Waals surface area contributed by atoms with Gasteiger partial charge >= 0.3 is 24.2 Å². The molecule has 0 saturated carbocycles. The Balaban J connectivity index is 2.15. The maximum atomic E-state index is 13.9. The Kier molecular flexibility index (Phi) is 9.44. The van der Waals surface area contributed by atoms with Gasteiger partial charge in [0.1, 0.15) is 29.4 Å². The highest BCUT2D eigenvalue weighted by Crippen LogP contribution is 2.45. The number of benzene rings is 2. The summed E-state index contributed by atoms with van der Waals surface area (Å²) < 4.78 is 62.6. The summed E-state index contributed by atoms with van der Waals surface area (Å²) in [5, 5.41) is 0. The number of ether oxygens (including phenoxy) is 4. The number of aliphatic imine (C=N–C) groups is 1. The zero-order valence-corrected chi connectivity index (χ0v) is 22.8. The van der Waals surface area contributed by atoms with E-state index in [4.69, 9.17) is 14.2 Å². The van der Waals surface area contributed by atoms with Gasteiger partial charge in [0.25, 0.3) is 0 Å². The molecule has 1 atom stereocenters. The van der Waals surface area contributed by atoms with E-state index in [0.717, 1.165) is 12.7 Å². The minimum Gasteiger partial charge on any atom is -0.487 e. The number of halogens is 3. The van der Waals surface area contributed by atoms with E-state index in [1.54, 1.807) is 51.1 Å². The lowest BCUT2D eigenvalue weighted by Gasteiger charge is -2.25. The van der Waals surface area contributed by atoms with Gasteiger partial charge < -0.3 is 18.9 Å². The molecule has 2 aromatic carbocycles. The van der Waals surface area contributed by atoms with Crippen LogP contribution < -0.4 is 9.64 Å². The highest BCUT2D eigenvalue weighted by molar-refractivity contribution is 6.03. The molecule has 0 bridgehead atoms. The summed E-state index contributed by atoms with van der Waals surface area (Å²) in [5.74, 6) is -2.32. The molecule has 9 nitrogen and oxygen atoms in total. The summed E-state index contributed by atoms with van der Waals surface area (Å²) in [6.07, 6.45) is -6.74. The molecule has 0 aliphatic carbocycles. The summed E-state index contributed by atoms with van der Waals surface area (Å²) in [6, 6.07) is 11.7. The minimum atomic E-state index is -4.94. The second-order valence-electron chi connectivity index (χ2n) is 10.1. The van der Waals surface area contributed by atoms with Gasteiger partial charge in [-0.05, 0) is 38.0 Å². The Morgan fingerprint density at radius 2 is 1.75 bits per heavy atom. The number of carbonyl (C=O) groups is 3. The SMILES string of the molecule is COC(=O)CC(=Nc1cc2c(cc1OCc1ccccc1)N(C(=O)OC(C)(C)C)CC2COC(C)=O)C(F)(F)F. The second-order valence-corrected chi connectivity index (χ2v) is 10.1. The monoisotopic (exact) mass is 564 g/mol. The molecule has 0 N–H and O–H groups in total. The van der Waals surface area contributed by atoms with Gasteiger partial charge in [0.05, 0.1) is 25.8 Å². The first-order valence-corrected chi connectivity index (χ1v) is 12.4. The average Bonchev–Trinajstić information content (AvgIpc) is 3.22. The normalized spacial score (nSPS) is 15.3. The second kappa shape index (κ2) is 12.4. The zero-order valence-electron chi connectivity index (χ0n) is 22.8. The van der Waals surface area contributed by atoms with Gasteiger partial charge in [-0.25, -0.2) is 9.79 Å². The third-order valence-corrected chi connectivity index (χ3v) is 5.70. The van der Waals surface area contributed by atoms with E-state index >= 15 is 0 Å². The van der Waals surface area contributed by atoms with Crippen molar-refractivity contribution in [3.63, 3.8) is 0 Å². The van der Waals surface area contributed by atoms with Crippen LogP contribution in [0.1, 0.15) is 51.2 Å². The van der Waals surface area contributed by atoms with Crippen LogP contribution in [0.5, 0.6) is 5.75 Å². The van der Waals surface area contributed by atoms with Crippen LogP contribution >= 0.6 is 0 Å². The van der Waals surface area contributed by atoms with Gasteiger partial charge in [0.2, 0.25) is 0 Å². The van der Waals surface area contributed by atoms with Crippen LogP contribution in [0.3, 0.4) is 0 Å². The number of alkyl halides is 3. The topological polar surface area (TPSA) is 104 Å². The van der Waals surface area contributed by atoms with Crippen LogP contribution in [-0.2, 0) is 30.4 Å². The predicted octanol–water partition coefficient (Wildman–Crippen LogP) is 5.87. The molecule has 2 aromatic rings. The van der Waals surface area contributed by atoms with Crippen molar-refractivity contribution in [2.24, 2.45) is 4.99 Å². The molecule has 3 rings (SSSR count). The van der Waals surface area contributed by atoms with E-state index in [2.05, 4.69) is 9.73 Å². The number of hydrogen-bond acceptors (Lipinski definition) is 8. The van der Waals surface area contributed by atoms with Crippen molar-refractivity contribution in [2.75, 3.05) is 25.2 Å². The van der Waals surface area contributed by atoms with E-state index in [-0.39, 0.29) is 31.2 Å². The van der Waals surface area contributed by atoms with Crippen molar-refractivity contribution in [1.82, 2.24) is 0 Å². The lowest BCUT2D eigenvalue weighted by atomic mass is 10.0. The third kappa shape index (κ3) is 8.20. The van der Waals surface area contributed by atoms with Crippen LogP contribution in [0.25, 0.3) is 0 Å². The lowest BCUT2D eigenvalue weighted by Crippen LogP contribution is -2.36. The van der Waals surface area contributed by atoms with Gasteiger partial charge in [-0.15, -0.1) is 0 Å². The van der Waals surface area contributed by atoms with Crippen molar-refractivity contribution < 1.29 is 46.5 Å². The summed E-state index contributed by atoms with van der Waals surface area (Å²) in [4.78, 5) is 41.4. The average molecular weight is 565 g/mol. The van der Waals surface area contributed by atoms with Crippen LogP contribution in [0, 0.1) is 0 Å². The molecule has 12 heteroatoms. The smallest absolute Gasteiger partial charge is 0.430 e. The minimum absolute atomic E-state index is 0.0101. The predicted molar refractivity (Wildman–Crippen MR) is 140 cm³/mol. The fourth-order valence-corrected chi connectivity index (χ4v) is 3.90. The zero-order chi connectivity index (χ0) is 29.7. The first-order valence-electron chi connectivity index (χ1n) is 12.4. The molecule has 1 aliphatic rings. The van der Waals surface area contributed by atoms with Gasteiger partial charge in [-0.3, -0.25) is 14.5 Å². The van der Waals surface area contributed by atoms with Gasteiger partial charge in [-0.1, -0.05) is 30.3 Å². The lowest BCUT2D eigenvalue weighted by molar-refractivity contribution is -0.141. The first-order chi connectivity index (χ1) is 18.7. The largest absolute Gasteiger partial charge is 0.487 e. The standard InChI is InChI=1S/C28H31F3N2O7/c1-17(34)38-16-19-14-33(26(36)40-27(2,3)4)22-12-23(39-15-18-9-7-6-8-10-18)21(11-20(19)22)32-24(28(29,30)31)13-25(35)37-5/h6-12,19H,13-16H2,1-5H3. The number of esters is 2. The fraction of sp³-hybridized carbons (Fsp3) is 0.429. The molecule has 1 amide bonds. The van der Waals surface area contributed by atoms with Gasteiger partial charge in [-0.2, -0.15) is 13.2 Å². The third-order valence-electron chi connectivity index (χ3n) is 5.70. The van der Waals surface area contributed by atoms with Crippen molar-refractivity contribution >= 4 is 35.1 Å². The van der Waals surface area contributed by atoms with Crippen LogP contribution in [0.4, 0.5) is 29.3 Å². The number of carbonyl (C=O) groups excluding carboxylic acids is 3. The maximum absolute atomic E-state index is 13.9. The highest BCUT2D eigenvalue weighted by atomic mass is 19.4. The fourth-order valence-electron chi connectivity index (χ4n) is 3.90. The number of anilines is 1. The number of methoxy groups -OCH3 is 1. The molecule has 1 unspecified atom stereocenters. The van der Waals surface area contributed by atoms with Crippen LogP contribution in [0.2, 0.25) is 0 Å². The Labute approximate surface area is 229 Å². The van der Waals surface area contributed by atoms with Gasteiger partial charge in [0.15, 0.2) is 0 Å². The Morgan fingerprint density at radius 3 is 2.33 bits per heavy atom. The molecule has 1 aliphatic heterocycles. The summed E-state index contributed by atoms with van der Waals surface area (Å²) in [5.41, 5.74) is -0.975. The molecule has 0 radical (unpaired) electrons. The van der Waals surface area contributed by atoms with Crippen molar-refractivity contribution in [3.05, 3.63) is 53.6 Å². The maximum Gasteiger partial charge on any atom is 0.430 e. The number of rotatable bonds is 8. The molecular formula is C28H31F3N2O7. The van der Waals surface area contributed by atoms with Crippen LogP contribution in [-0.4, -0.2) is 55.8 Å². The number of hydrogen-bond donors (Lipinski definition) is 0. The molecule has 0 saturated heterocycles. The van der Waals surface area contributed by atoms with Crippen molar-refractivity contribution in [3.8, 4) is 5.75 Å². The number of nitrogens with zero attached hydrogens (tertiary/aromatic N) is 2. The Morgan fingerprint density at radius 1 is 1.07 bits per heavy atom. The van der Waals surface area contributed by atoms with Crippen molar-refractivity contribution in [1.29, 1.82) is 0 Å². The van der Waals surface area contributed by atoms with Crippen molar-refractivity contribution in [2.45, 2.75) is 58.4 Å². The quantitative estimate of drug-likeness (QED) is 0.225. The Bertz CT molecular complexity index is 1270. The van der Waals surface area contributed by atoms with Crippen LogP contribution in [0.15, 0.2) is 47.5 Å². The number of fused-ring (bicyclic) bond motifs is 1. The van der Waals surface area contributed by atoms with E-state index in [9.17, 15) is 27.6 Å². The van der Waals surface area contributed by atoms with E-state index < -0.39 is 47.9 Å². The Hall–Kier alpha value is -4.09. The number of amides is 1. The molecule has 0 spiro atoms. The highest BCUT2D eigenvalue weighted by Gasteiger charge is 2.39. The molecule has 0 aromatic heterocycles. The summed E-state index contributed by atoms with van der Waals surface area (Å²) >= 11 is 0. The van der Waals surface area contributed by atoms with E-state index in [0.29, 0.717) is 11.3 Å². The van der Waals surface area contributed by atoms with Gasteiger partial charge in [0, 0.05) is 25.5 Å². The summed E-state index contributed by atoms with van der Waals surface area (Å²) in [6.45, 7) is 6.21. The molecule has 40 heavy (non-hydrogen) atoms. The molecular weight excluding hydrogens is 533 g/mol. The molecule has 216 valence electrons. The first kappa shape index (κ1) is 30.5. The van der Waals surface area contributed by atoms with E-state index in [1.165, 1.54) is 24.0 Å². The van der Waals surface area contributed by atoms with E-state index in [1.807, 2.05) is 0 Å².